The highest BCUT2D eigenvalue weighted by Gasteiger charge is 2.32. The number of benzene rings is 1. The van der Waals surface area contributed by atoms with Gasteiger partial charge in [-0.1, -0.05) is 48.5 Å². The molecule has 0 N–H and O–H groups in total. The van der Waals surface area contributed by atoms with Crippen LogP contribution in [0.4, 0.5) is 4.79 Å². The third kappa shape index (κ3) is 9.65. The summed E-state index contributed by atoms with van der Waals surface area (Å²) in [5.74, 6) is -2.32. The number of carbonyl (C=O) groups is 4. The van der Waals surface area contributed by atoms with E-state index in [9.17, 15) is 19.2 Å². The van der Waals surface area contributed by atoms with E-state index in [1.165, 1.54) is 0 Å². The first kappa shape index (κ1) is 26.2. The number of hydrogen-bond donors (Lipinski definition) is 0. The zero-order chi connectivity index (χ0) is 23.2. The molecule has 1 atom stereocenters. The Balaban J connectivity index is 2.92. The van der Waals surface area contributed by atoms with Gasteiger partial charge in [-0.15, -0.1) is 0 Å². The number of carbonyl (C=O) groups excluding carboxylic acids is 4. The number of amides is 1. The summed E-state index contributed by atoms with van der Waals surface area (Å²) in [6.07, 6.45) is -0.864. The molecule has 0 heterocycles. The molecule has 1 amide bonds. The van der Waals surface area contributed by atoms with Crippen LogP contribution in [0, 0.1) is 0 Å². The van der Waals surface area contributed by atoms with Gasteiger partial charge in [-0.25, -0.2) is 14.4 Å². The maximum Gasteiger partial charge on any atom is 0.410 e. The maximum atomic E-state index is 12.8. The quantitative estimate of drug-likeness (QED) is 0.255. The number of hydrogen-bond acceptors (Lipinski definition) is 7. The number of rotatable bonds is 13. The highest BCUT2D eigenvalue weighted by Crippen LogP contribution is 2.18. The molecular weight excluding hydrogens is 426 g/mol. The van der Waals surface area contributed by atoms with Crippen LogP contribution in [0.1, 0.15) is 38.7 Å². The summed E-state index contributed by atoms with van der Waals surface area (Å²) in [5, 5.41) is 0.154. The molecule has 170 valence electrons. The first-order chi connectivity index (χ1) is 14.8. The van der Waals surface area contributed by atoms with Crippen LogP contribution in [0.3, 0.4) is 0 Å². The molecule has 8 nitrogen and oxygen atoms in total. The number of ether oxygens (including phenoxy) is 3. The summed E-state index contributed by atoms with van der Waals surface area (Å²) in [6, 6.07) is 7.95. The third-order valence-corrected chi connectivity index (χ3v) is 4.25. The molecule has 0 aromatic heterocycles. The Morgan fingerprint density at radius 3 is 2.26 bits per heavy atom. The molecule has 31 heavy (non-hydrogen) atoms. The topological polar surface area (TPSA) is 99.2 Å². The highest BCUT2D eigenvalue weighted by molar-refractivity contribution is 6.33. The first-order valence-corrected chi connectivity index (χ1v) is 10.3. The van der Waals surface area contributed by atoms with Crippen molar-refractivity contribution in [3.63, 3.8) is 0 Å². The molecule has 0 aliphatic rings. The van der Waals surface area contributed by atoms with Crippen LogP contribution in [0.15, 0.2) is 41.9 Å². The predicted octanol–water partition coefficient (Wildman–Crippen LogP) is 3.61. The van der Waals surface area contributed by atoms with Crippen LogP contribution in [-0.4, -0.2) is 54.5 Å². The number of ketones is 1. The van der Waals surface area contributed by atoms with Crippen molar-refractivity contribution < 1.29 is 33.4 Å². The van der Waals surface area contributed by atoms with Crippen LogP contribution in [-0.2, 0) is 35.2 Å². The average Bonchev–Trinajstić information content (AvgIpc) is 2.74. The minimum Gasteiger partial charge on any atom is -0.464 e. The van der Waals surface area contributed by atoms with E-state index in [4.69, 9.17) is 21.1 Å². The van der Waals surface area contributed by atoms with E-state index in [1.54, 1.807) is 38.1 Å². The van der Waals surface area contributed by atoms with Gasteiger partial charge in [0.1, 0.15) is 12.6 Å². The first-order valence-electron chi connectivity index (χ1n) is 9.97. The Morgan fingerprint density at radius 1 is 1.03 bits per heavy atom. The molecule has 0 fully saturated rings. The van der Waals surface area contributed by atoms with Crippen molar-refractivity contribution in [2.45, 2.75) is 45.8 Å². The zero-order valence-electron chi connectivity index (χ0n) is 17.8. The lowest BCUT2D eigenvalue weighted by molar-refractivity contribution is -0.153. The smallest absolute Gasteiger partial charge is 0.410 e. The fourth-order valence-electron chi connectivity index (χ4n) is 2.67. The SMILES string of the molecule is C=C(Cl)CC(C(=O)OCC)N(CCCC(=O)C(=O)OCC)C(=O)OCc1ccccc1. The van der Waals surface area contributed by atoms with Gasteiger partial charge in [0.2, 0.25) is 5.78 Å². The van der Waals surface area contributed by atoms with Gasteiger partial charge in [-0.3, -0.25) is 9.69 Å². The van der Waals surface area contributed by atoms with Crippen molar-refractivity contribution in [2.24, 2.45) is 0 Å². The molecule has 0 spiro atoms. The summed E-state index contributed by atoms with van der Waals surface area (Å²) >= 11 is 5.90. The second-order valence-electron chi connectivity index (χ2n) is 6.47. The summed E-state index contributed by atoms with van der Waals surface area (Å²) in [7, 11) is 0. The lowest BCUT2D eigenvalue weighted by Crippen LogP contribution is -2.46. The summed E-state index contributed by atoms with van der Waals surface area (Å²) in [4.78, 5) is 49.8. The summed E-state index contributed by atoms with van der Waals surface area (Å²) in [6.45, 7) is 6.98. The number of esters is 2. The van der Waals surface area contributed by atoms with Gasteiger partial charge in [0.05, 0.1) is 13.2 Å². The van der Waals surface area contributed by atoms with E-state index in [1.807, 2.05) is 6.07 Å². The number of nitrogens with zero attached hydrogens (tertiary/aromatic N) is 1. The van der Waals surface area contributed by atoms with E-state index in [0.717, 1.165) is 10.5 Å². The van der Waals surface area contributed by atoms with Gasteiger partial charge in [-0.2, -0.15) is 0 Å². The van der Waals surface area contributed by atoms with Crippen molar-refractivity contribution in [2.75, 3.05) is 19.8 Å². The van der Waals surface area contributed by atoms with Crippen molar-refractivity contribution in [3.05, 3.63) is 47.5 Å². The van der Waals surface area contributed by atoms with E-state index < -0.39 is 29.9 Å². The van der Waals surface area contributed by atoms with Crippen molar-refractivity contribution >= 4 is 35.4 Å². The Labute approximate surface area is 187 Å². The third-order valence-electron chi connectivity index (χ3n) is 4.10. The van der Waals surface area contributed by atoms with Crippen molar-refractivity contribution in [1.29, 1.82) is 0 Å². The van der Waals surface area contributed by atoms with Crippen LogP contribution >= 0.6 is 11.6 Å². The minimum absolute atomic E-state index is 0.00467. The molecular formula is C22H28ClNO7. The monoisotopic (exact) mass is 453 g/mol. The van der Waals surface area contributed by atoms with Gasteiger partial charge >= 0.3 is 18.0 Å². The maximum absolute atomic E-state index is 12.8. The molecule has 0 saturated heterocycles. The molecule has 0 bridgehead atoms. The Bertz CT molecular complexity index is 766. The fraction of sp³-hybridized carbons (Fsp3) is 0.455. The van der Waals surface area contributed by atoms with E-state index >= 15 is 0 Å². The van der Waals surface area contributed by atoms with Gasteiger partial charge in [0.25, 0.3) is 0 Å². The van der Waals surface area contributed by atoms with Gasteiger partial charge in [-0.05, 0) is 25.8 Å². The number of halogens is 1. The highest BCUT2D eigenvalue weighted by atomic mass is 35.5. The standard InChI is InChI=1S/C22H28ClNO7/c1-4-29-20(26)18(14-16(3)23)24(13-9-12-19(25)21(27)30-5-2)22(28)31-15-17-10-7-6-8-11-17/h6-8,10-11,18H,3-5,9,12-15H2,1-2H3. The molecule has 0 saturated carbocycles. The molecule has 0 aliphatic heterocycles. The van der Waals surface area contributed by atoms with E-state index in [-0.39, 0.29) is 50.7 Å². The second-order valence-corrected chi connectivity index (χ2v) is 7.00. The van der Waals surface area contributed by atoms with Crippen LogP contribution in [0.25, 0.3) is 0 Å². The average molecular weight is 454 g/mol. The molecule has 9 heteroatoms. The van der Waals surface area contributed by atoms with Gasteiger partial charge in [0.15, 0.2) is 0 Å². The van der Waals surface area contributed by atoms with Crippen LogP contribution < -0.4 is 0 Å². The van der Waals surface area contributed by atoms with Crippen LogP contribution in [0.2, 0.25) is 0 Å². The normalized spacial score (nSPS) is 11.2. The number of Topliss-reactive ketones (excluding diaryl/α,β-unsaturated/α-hetero) is 1. The Morgan fingerprint density at radius 2 is 1.68 bits per heavy atom. The zero-order valence-corrected chi connectivity index (χ0v) is 18.6. The largest absolute Gasteiger partial charge is 0.464 e. The molecule has 1 unspecified atom stereocenters. The summed E-state index contributed by atoms with van der Waals surface area (Å²) in [5.41, 5.74) is 0.766. The molecule has 0 aliphatic carbocycles. The molecule has 1 aromatic rings. The molecule has 1 aromatic carbocycles. The van der Waals surface area contributed by atoms with Crippen LogP contribution in [0.5, 0.6) is 0 Å². The lowest BCUT2D eigenvalue weighted by atomic mass is 10.1. The molecule has 1 rings (SSSR count). The lowest BCUT2D eigenvalue weighted by Gasteiger charge is -2.29. The predicted molar refractivity (Wildman–Crippen MR) is 114 cm³/mol. The van der Waals surface area contributed by atoms with Gasteiger partial charge in [0, 0.05) is 24.4 Å². The van der Waals surface area contributed by atoms with Gasteiger partial charge < -0.3 is 14.2 Å². The van der Waals surface area contributed by atoms with E-state index in [2.05, 4.69) is 11.3 Å². The second kappa shape index (κ2) is 14.2. The minimum atomic E-state index is -1.08. The van der Waals surface area contributed by atoms with E-state index in [0.29, 0.717) is 0 Å². The Hall–Kier alpha value is -2.87. The fourth-order valence-corrected chi connectivity index (χ4v) is 2.82. The Kier molecular flexibility index (Phi) is 12.0. The van der Waals surface area contributed by atoms with Crippen molar-refractivity contribution in [1.82, 2.24) is 4.90 Å². The van der Waals surface area contributed by atoms with Crippen molar-refractivity contribution in [3.8, 4) is 0 Å². The molecule has 0 radical (unpaired) electrons. The summed E-state index contributed by atoms with van der Waals surface area (Å²) < 4.78 is 15.1.